The number of rotatable bonds is 2. The molecule has 1 rings (SSSR count). The van der Waals surface area contributed by atoms with Gasteiger partial charge in [-0.3, -0.25) is 9.71 Å². The minimum atomic E-state index is -2.85. The molecule has 6 heteroatoms. The van der Waals surface area contributed by atoms with E-state index < -0.39 is 15.7 Å². The standard InChI is InChI=1S/C7H9N3O2S/c1-13(12,10-7(8)11)6-3-2-4-9-5-6/h2-5H,1H2,(H3,8,10,11,12). The van der Waals surface area contributed by atoms with Gasteiger partial charge < -0.3 is 5.73 Å². The van der Waals surface area contributed by atoms with Gasteiger partial charge in [-0.2, -0.15) is 0 Å². The van der Waals surface area contributed by atoms with Crippen molar-refractivity contribution in [3.8, 4) is 0 Å². The molecule has 1 aromatic rings. The number of carbonyl (C=O) groups excluding carboxylic acids is 1. The van der Waals surface area contributed by atoms with Gasteiger partial charge in [-0.15, -0.1) is 0 Å². The molecule has 0 aromatic carbocycles. The van der Waals surface area contributed by atoms with E-state index in [1.807, 2.05) is 0 Å². The lowest BCUT2D eigenvalue weighted by Crippen LogP contribution is -2.34. The summed E-state index contributed by atoms with van der Waals surface area (Å²) in [6, 6.07) is 2.28. The summed E-state index contributed by atoms with van der Waals surface area (Å²) in [5, 5.41) is 0. The van der Waals surface area contributed by atoms with E-state index in [1.165, 1.54) is 12.4 Å². The Bertz CT molecular complexity index is 399. The summed E-state index contributed by atoms with van der Waals surface area (Å²) in [5.74, 6) is 3.36. The molecule has 1 aromatic heterocycles. The summed E-state index contributed by atoms with van der Waals surface area (Å²) >= 11 is 0. The smallest absolute Gasteiger partial charge is 0.323 e. The Kier molecular flexibility index (Phi) is 2.52. The third kappa shape index (κ3) is 2.45. The molecule has 0 aliphatic carbocycles. The van der Waals surface area contributed by atoms with Gasteiger partial charge in [0.1, 0.15) is 0 Å². The number of urea groups is 1. The van der Waals surface area contributed by atoms with Gasteiger partial charge in [0.05, 0.1) is 14.6 Å². The molecule has 0 saturated carbocycles. The van der Waals surface area contributed by atoms with Gasteiger partial charge in [0.2, 0.25) is 0 Å². The number of nitrogens with one attached hydrogen (secondary N) is 1. The fourth-order valence-corrected chi connectivity index (χ4v) is 1.74. The summed E-state index contributed by atoms with van der Waals surface area (Å²) in [7, 11) is -2.85. The molecule has 3 N–H and O–H groups in total. The minimum Gasteiger partial charge on any atom is -0.351 e. The van der Waals surface area contributed by atoms with Crippen LogP contribution in [0.2, 0.25) is 0 Å². The zero-order valence-electron chi connectivity index (χ0n) is 6.77. The lowest BCUT2D eigenvalue weighted by Gasteiger charge is -2.07. The number of amides is 2. The summed E-state index contributed by atoms with van der Waals surface area (Å²) in [6.45, 7) is 0. The van der Waals surface area contributed by atoms with Crippen LogP contribution in [0.5, 0.6) is 0 Å². The van der Waals surface area contributed by atoms with Crippen molar-refractivity contribution in [3.63, 3.8) is 0 Å². The van der Waals surface area contributed by atoms with E-state index >= 15 is 0 Å². The molecule has 13 heavy (non-hydrogen) atoms. The third-order valence-electron chi connectivity index (χ3n) is 1.28. The van der Waals surface area contributed by atoms with Crippen LogP contribution in [0.15, 0.2) is 29.4 Å². The fraction of sp³-hybridized carbons (Fsp3) is 0. The molecule has 1 unspecified atom stereocenters. The van der Waals surface area contributed by atoms with Crippen LogP contribution in [-0.2, 0) is 9.71 Å². The normalized spacial score (nSPS) is 14.5. The van der Waals surface area contributed by atoms with E-state index in [0.29, 0.717) is 4.90 Å². The first kappa shape index (κ1) is 9.53. The van der Waals surface area contributed by atoms with Crippen LogP contribution in [0.1, 0.15) is 0 Å². The van der Waals surface area contributed by atoms with Crippen LogP contribution in [0.4, 0.5) is 4.79 Å². The largest absolute Gasteiger partial charge is 0.351 e. The molecule has 0 fully saturated rings. The van der Waals surface area contributed by atoms with Crippen molar-refractivity contribution < 1.29 is 9.00 Å². The maximum atomic E-state index is 11.6. The topological polar surface area (TPSA) is 85.1 Å². The minimum absolute atomic E-state index is 0.341. The van der Waals surface area contributed by atoms with Crippen LogP contribution < -0.4 is 10.5 Å². The number of hydrogen-bond donors (Lipinski definition) is 2. The molecule has 1 atom stereocenters. The van der Waals surface area contributed by atoms with Crippen LogP contribution >= 0.6 is 0 Å². The molecular formula is C7H9N3O2S. The average Bonchev–Trinajstić information content (AvgIpc) is 2.04. The average molecular weight is 199 g/mol. The summed E-state index contributed by atoms with van der Waals surface area (Å²) in [6.07, 6.45) is 2.90. The Morgan fingerprint density at radius 2 is 2.38 bits per heavy atom. The number of primary amides is 1. The Morgan fingerprint density at radius 1 is 1.69 bits per heavy atom. The number of nitrogens with zero attached hydrogens (tertiary/aromatic N) is 1. The molecular weight excluding hydrogens is 190 g/mol. The van der Waals surface area contributed by atoms with Gasteiger partial charge in [-0.05, 0) is 18.0 Å². The van der Waals surface area contributed by atoms with Crippen molar-refractivity contribution in [2.24, 2.45) is 5.73 Å². The van der Waals surface area contributed by atoms with Crippen LogP contribution in [0, 0.1) is 0 Å². The van der Waals surface area contributed by atoms with Gasteiger partial charge in [0, 0.05) is 12.4 Å². The van der Waals surface area contributed by atoms with E-state index in [-0.39, 0.29) is 0 Å². The van der Waals surface area contributed by atoms with E-state index in [4.69, 9.17) is 5.73 Å². The Hall–Kier alpha value is -1.56. The molecule has 0 aliphatic rings. The van der Waals surface area contributed by atoms with Crippen molar-refractivity contribution in [2.75, 3.05) is 0 Å². The first-order chi connectivity index (χ1) is 6.02. The van der Waals surface area contributed by atoms with Crippen molar-refractivity contribution in [1.29, 1.82) is 0 Å². The van der Waals surface area contributed by atoms with Gasteiger partial charge in [-0.25, -0.2) is 9.00 Å². The molecule has 0 radical (unpaired) electrons. The van der Waals surface area contributed by atoms with E-state index in [2.05, 4.69) is 15.6 Å². The van der Waals surface area contributed by atoms with Crippen molar-refractivity contribution in [3.05, 3.63) is 24.5 Å². The number of carbonyl (C=O) groups is 1. The summed E-state index contributed by atoms with van der Waals surface area (Å²) < 4.78 is 13.7. The third-order valence-corrected chi connectivity index (χ3v) is 2.81. The zero-order valence-corrected chi connectivity index (χ0v) is 7.58. The van der Waals surface area contributed by atoms with E-state index in [9.17, 15) is 9.00 Å². The lowest BCUT2D eigenvalue weighted by atomic mass is 10.5. The van der Waals surface area contributed by atoms with E-state index in [1.54, 1.807) is 12.1 Å². The highest BCUT2D eigenvalue weighted by molar-refractivity contribution is 7.99. The number of hydrogen-bond acceptors (Lipinski definition) is 3. The highest BCUT2D eigenvalue weighted by atomic mass is 32.2. The summed E-state index contributed by atoms with van der Waals surface area (Å²) in [5.41, 5.74) is 4.83. The Balaban J connectivity index is 3.02. The fourth-order valence-electron chi connectivity index (χ4n) is 0.764. The molecule has 2 amide bonds. The van der Waals surface area contributed by atoms with Gasteiger partial charge >= 0.3 is 6.03 Å². The lowest BCUT2D eigenvalue weighted by molar-refractivity contribution is 0.254. The maximum absolute atomic E-state index is 11.6. The molecule has 70 valence electrons. The predicted octanol–water partition coefficient (Wildman–Crippen LogP) is -0.260. The van der Waals surface area contributed by atoms with Crippen LogP contribution in [-0.4, -0.2) is 21.1 Å². The number of pyridine rings is 1. The molecule has 0 aliphatic heterocycles. The van der Waals surface area contributed by atoms with Crippen LogP contribution in [0.3, 0.4) is 0 Å². The molecule has 0 bridgehead atoms. The number of aromatic nitrogens is 1. The van der Waals surface area contributed by atoms with Crippen molar-refractivity contribution in [1.82, 2.24) is 9.71 Å². The molecule has 5 nitrogen and oxygen atoms in total. The Morgan fingerprint density at radius 3 is 2.85 bits per heavy atom. The second kappa shape index (κ2) is 3.44. The van der Waals surface area contributed by atoms with Gasteiger partial charge in [0.15, 0.2) is 0 Å². The van der Waals surface area contributed by atoms with Crippen LogP contribution in [0.25, 0.3) is 0 Å². The molecule has 0 spiro atoms. The number of nitrogens with two attached hydrogens (primary N) is 1. The monoisotopic (exact) mass is 199 g/mol. The Labute approximate surface area is 76.1 Å². The first-order valence-electron chi connectivity index (χ1n) is 3.37. The summed E-state index contributed by atoms with van der Waals surface area (Å²) in [4.78, 5) is 14.5. The first-order valence-corrected chi connectivity index (χ1v) is 5.09. The van der Waals surface area contributed by atoms with Gasteiger partial charge in [0.25, 0.3) is 0 Å². The van der Waals surface area contributed by atoms with Crippen molar-refractivity contribution in [2.45, 2.75) is 4.90 Å². The van der Waals surface area contributed by atoms with E-state index in [0.717, 1.165) is 0 Å². The van der Waals surface area contributed by atoms with Gasteiger partial charge in [-0.1, -0.05) is 0 Å². The second-order valence-electron chi connectivity index (χ2n) is 2.33. The molecule has 1 heterocycles. The predicted molar refractivity (Wildman–Crippen MR) is 50.5 cm³/mol. The zero-order chi connectivity index (χ0) is 9.90. The maximum Gasteiger partial charge on any atom is 0.323 e. The molecule has 0 saturated heterocycles. The van der Waals surface area contributed by atoms with Crippen molar-refractivity contribution >= 4 is 21.6 Å². The quantitative estimate of drug-likeness (QED) is 0.643. The highest BCUT2D eigenvalue weighted by Crippen LogP contribution is 2.04. The highest BCUT2D eigenvalue weighted by Gasteiger charge is 2.08. The second-order valence-corrected chi connectivity index (χ2v) is 4.36. The SMILES string of the molecule is C=S(=O)(NC(N)=O)c1cccnc1.